The van der Waals surface area contributed by atoms with Crippen molar-refractivity contribution in [3.05, 3.63) is 65.7 Å². The van der Waals surface area contributed by atoms with Crippen LogP contribution in [-0.4, -0.2) is 35.1 Å². The quantitative estimate of drug-likeness (QED) is 0.698. The van der Waals surface area contributed by atoms with Crippen LogP contribution in [0.15, 0.2) is 54.6 Å². The number of aliphatic carboxylic acids is 1. The van der Waals surface area contributed by atoms with Crippen molar-refractivity contribution >= 4 is 23.5 Å². The number of benzene rings is 2. The van der Waals surface area contributed by atoms with Crippen LogP contribution >= 0.6 is 0 Å². The van der Waals surface area contributed by atoms with Crippen molar-refractivity contribution in [2.75, 3.05) is 5.32 Å². The van der Waals surface area contributed by atoms with Crippen molar-refractivity contribution in [1.82, 2.24) is 5.32 Å². The Morgan fingerprint density at radius 1 is 0.966 bits per heavy atom. The summed E-state index contributed by atoms with van der Waals surface area (Å²) in [7, 11) is 0. The lowest BCUT2D eigenvalue weighted by Gasteiger charge is -2.23. The summed E-state index contributed by atoms with van der Waals surface area (Å²) in [6.45, 7) is 0.402. The molecule has 2 fully saturated rings. The average Bonchev–Trinajstić information content (AvgIpc) is 3.34. The molecule has 4 atom stereocenters. The molecule has 3 N–H and O–H groups in total. The van der Waals surface area contributed by atoms with Crippen LogP contribution in [0.1, 0.15) is 28.8 Å². The molecule has 4 unspecified atom stereocenters. The van der Waals surface area contributed by atoms with Gasteiger partial charge < -0.3 is 20.5 Å². The zero-order chi connectivity index (χ0) is 20.4. The summed E-state index contributed by atoms with van der Waals surface area (Å²) in [5.74, 6) is -3.19. The van der Waals surface area contributed by atoms with E-state index >= 15 is 0 Å². The number of rotatable bonds is 6. The minimum atomic E-state index is -1.01. The van der Waals surface area contributed by atoms with Gasteiger partial charge in [-0.3, -0.25) is 14.4 Å². The van der Waals surface area contributed by atoms with Gasteiger partial charge in [0.05, 0.1) is 24.0 Å². The van der Waals surface area contributed by atoms with Crippen molar-refractivity contribution in [3.8, 4) is 0 Å². The van der Waals surface area contributed by atoms with E-state index in [-0.39, 0.29) is 17.9 Å². The van der Waals surface area contributed by atoms with E-state index in [2.05, 4.69) is 10.6 Å². The molecule has 2 amide bonds. The van der Waals surface area contributed by atoms with Gasteiger partial charge in [0.25, 0.3) is 5.91 Å². The molecule has 2 aliphatic heterocycles. The molecule has 2 aliphatic rings. The summed E-state index contributed by atoms with van der Waals surface area (Å²) in [5.41, 5.74) is 1.85. The molecule has 2 heterocycles. The van der Waals surface area contributed by atoms with E-state index in [1.807, 2.05) is 30.3 Å². The summed E-state index contributed by atoms with van der Waals surface area (Å²) in [6.07, 6.45) is 0.596. The summed E-state index contributed by atoms with van der Waals surface area (Å²) in [5, 5.41) is 15.1. The largest absolute Gasteiger partial charge is 0.481 e. The average molecular weight is 394 g/mol. The number of carboxylic acids is 1. The first-order valence-electron chi connectivity index (χ1n) is 9.64. The maximum absolute atomic E-state index is 12.8. The fourth-order valence-electron chi connectivity index (χ4n) is 4.17. The van der Waals surface area contributed by atoms with Gasteiger partial charge in [-0.2, -0.15) is 0 Å². The Morgan fingerprint density at radius 3 is 2.41 bits per heavy atom. The van der Waals surface area contributed by atoms with E-state index in [0.717, 1.165) is 5.56 Å². The smallest absolute Gasteiger partial charge is 0.310 e. The number of amides is 2. The molecule has 2 bridgehead atoms. The molecule has 2 saturated heterocycles. The molecule has 7 heteroatoms. The molecule has 2 aromatic carbocycles. The number of hydrogen-bond acceptors (Lipinski definition) is 4. The van der Waals surface area contributed by atoms with Crippen LogP contribution in [0.5, 0.6) is 0 Å². The van der Waals surface area contributed by atoms with Crippen LogP contribution in [0.2, 0.25) is 0 Å². The number of anilines is 1. The molecule has 0 aromatic heterocycles. The molecule has 0 spiro atoms. The van der Waals surface area contributed by atoms with Gasteiger partial charge >= 0.3 is 5.97 Å². The second-order valence-corrected chi connectivity index (χ2v) is 7.42. The molecule has 2 aromatic rings. The van der Waals surface area contributed by atoms with Gasteiger partial charge in [0, 0.05) is 17.8 Å². The Balaban J connectivity index is 1.41. The molecule has 7 nitrogen and oxygen atoms in total. The number of hydrogen-bond donors (Lipinski definition) is 3. The molecule has 4 rings (SSSR count). The zero-order valence-corrected chi connectivity index (χ0v) is 15.7. The molecule has 0 radical (unpaired) electrons. The first kappa shape index (κ1) is 19.1. The van der Waals surface area contributed by atoms with Crippen LogP contribution in [0.3, 0.4) is 0 Å². The zero-order valence-electron chi connectivity index (χ0n) is 15.7. The highest BCUT2D eigenvalue weighted by molar-refractivity contribution is 5.99. The minimum absolute atomic E-state index is 0.253. The predicted molar refractivity (Wildman–Crippen MR) is 105 cm³/mol. The number of nitrogens with one attached hydrogen (secondary N) is 2. The van der Waals surface area contributed by atoms with Crippen LogP contribution in [-0.2, 0) is 20.9 Å². The first-order chi connectivity index (χ1) is 14.0. The van der Waals surface area contributed by atoms with Gasteiger partial charge in [0.1, 0.15) is 0 Å². The monoisotopic (exact) mass is 394 g/mol. The summed E-state index contributed by atoms with van der Waals surface area (Å²) in [6, 6.07) is 16.2. The third-order valence-corrected chi connectivity index (χ3v) is 5.55. The van der Waals surface area contributed by atoms with Gasteiger partial charge in [0.15, 0.2) is 0 Å². The SMILES string of the molecule is O=C(NCc1ccccc1)c1cccc(NC(=O)C2C3CCC(O3)C2C(=O)O)c1. The maximum atomic E-state index is 12.8. The van der Waals surface area contributed by atoms with E-state index in [0.29, 0.717) is 30.6 Å². The van der Waals surface area contributed by atoms with Gasteiger partial charge in [-0.25, -0.2) is 0 Å². The molecule has 0 aliphatic carbocycles. The van der Waals surface area contributed by atoms with Gasteiger partial charge in [-0.15, -0.1) is 0 Å². The standard InChI is InChI=1S/C22H22N2O5/c25-20(23-12-13-5-2-1-3-6-13)14-7-4-8-15(11-14)24-21(26)18-16-9-10-17(29-16)19(18)22(27)28/h1-8,11,16-19H,9-10,12H2,(H,23,25)(H,24,26)(H,27,28). The van der Waals surface area contributed by atoms with Gasteiger partial charge in [-0.1, -0.05) is 36.4 Å². The Kier molecular flexibility index (Phi) is 5.31. The minimum Gasteiger partial charge on any atom is -0.481 e. The van der Waals surface area contributed by atoms with Crippen molar-refractivity contribution in [1.29, 1.82) is 0 Å². The van der Waals surface area contributed by atoms with Crippen LogP contribution in [0.4, 0.5) is 5.69 Å². The molecular formula is C22H22N2O5. The number of carbonyl (C=O) groups is 3. The Morgan fingerprint density at radius 2 is 1.69 bits per heavy atom. The predicted octanol–water partition coefficient (Wildman–Crippen LogP) is 2.43. The van der Waals surface area contributed by atoms with Gasteiger partial charge in [-0.05, 0) is 36.6 Å². The second kappa shape index (κ2) is 8.05. The molecule has 29 heavy (non-hydrogen) atoms. The molecule has 0 saturated carbocycles. The number of ether oxygens (including phenoxy) is 1. The topological polar surface area (TPSA) is 105 Å². The van der Waals surface area contributed by atoms with Crippen LogP contribution in [0.25, 0.3) is 0 Å². The highest BCUT2D eigenvalue weighted by Gasteiger charge is 2.55. The Labute approximate surface area is 168 Å². The Bertz CT molecular complexity index is 930. The van der Waals surface area contributed by atoms with Crippen molar-refractivity contribution in [2.24, 2.45) is 11.8 Å². The number of carboxylic acid groups (broad SMARTS) is 1. The lowest BCUT2D eigenvalue weighted by molar-refractivity contribution is -0.147. The van der Waals surface area contributed by atoms with Crippen molar-refractivity contribution in [2.45, 2.75) is 31.6 Å². The number of fused-ring (bicyclic) bond motifs is 2. The highest BCUT2D eigenvalue weighted by Crippen LogP contribution is 2.44. The van der Waals surface area contributed by atoms with E-state index in [4.69, 9.17) is 4.74 Å². The van der Waals surface area contributed by atoms with Crippen molar-refractivity contribution < 1.29 is 24.2 Å². The fraction of sp³-hybridized carbons (Fsp3) is 0.318. The third kappa shape index (κ3) is 4.00. The summed E-state index contributed by atoms with van der Waals surface area (Å²) < 4.78 is 5.65. The lowest BCUT2D eigenvalue weighted by atomic mass is 9.78. The second-order valence-electron chi connectivity index (χ2n) is 7.42. The van der Waals surface area contributed by atoms with Gasteiger partial charge in [0.2, 0.25) is 5.91 Å². The van der Waals surface area contributed by atoms with E-state index in [1.54, 1.807) is 24.3 Å². The highest BCUT2D eigenvalue weighted by atomic mass is 16.5. The van der Waals surface area contributed by atoms with Crippen molar-refractivity contribution in [3.63, 3.8) is 0 Å². The Hall–Kier alpha value is -3.19. The van der Waals surface area contributed by atoms with Crippen LogP contribution in [0, 0.1) is 11.8 Å². The summed E-state index contributed by atoms with van der Waals surface area (Å²) in [4.78, 5) is 36.8. The lowest BCUT2D eigenvalue weighted by Crippen LogP contribution is -2.41. The summed E-state index contributed by atoms with van der Waals surface area (Å²) >= 11 is 0. The van der Waals surface area contributed by atoms with E-state index in [9.17, 15) is 19.5 Å². The molecular weight excluding hydrogens is 372 g/mol. The van der Waals surface area contributed by atoms with E-state index in [1.165, 1.54) is 0 Å². The maximum Gasteiger partial charge on any atom is 0.310 e. The first-order valence-corrected chi connectivity index (χ1v) is 9.64. The third-order valence-electron chi connectivity index (χ3n) is 5.55. The normalized spacial score (nSPS) is 24.8. The number of carbonyl (C=O) groups excluding carboxylic acids is 2. The van der Waals surface area contributed by atoms with Crippen LogP contribution < -0.4 is 10.6 Å². The fourth-order valence-corrected chi connectivity index (χ4v) is 4.17. The molecule has 150 valence electrons. The van der Waals surface area contributed by atoms with E-state index < -0.39 is 23.9 Å².